The third-order valence-corrected chi connectivity index (χ3v) is 6.99. The molecule has 0 radical (unpaired) electrons. The first-order valence-electron chi connectivity index (χ1n) is 13.1. The quantitative estimate of drug-likeness (QED) is 0.172. The Balaban J connectivity index is 1.49. The first kappa shape index (κ1) is 28.7. The maximum absolute atomic E-state index is 14.5. The van der Waals surface area contributed by atoms with Gasteiger partial charge < -0.3 is 25.0 Å². The van der Waals surface area contributed by atoms with Crippen LogP contribution in [0.2, 0.25) is 0 Å². The van der Waals surface area contributed by atoms with Gasteiger partial charge in [-0.15, -0.1) is 0 Å². The third kappa shape index (κ3) is 6.22. The van der Waals surface area contributed by atoms with E-state index in [1.807, 2.05) is 0 Å². The molecule has 42 heavy (non-hydrogen) atoms. The maximum Gasteiger partial charge on any atom is 0.387 e. The number of hydrogen-bond acceptors (Lipinski definition) is 7. The molecular weight excluding hydrogens is 554 g/mol. The molecule has 0 bridgehead atoms. The zero-order valence-electron chi connectivity index (χ0n) is 22.5. The van der Waals surface area contributed by atoms with E-state index >= 15 is 0 Å². The van der Waals surface area contributed by atoms with E-state index in [9.17, 15) is 22.4 Å². The number of fused-ring (bicyclic) bond motifs is 1. The number of aromatic nitrogens is 2. The summed E-state index contributed by atoms with van der Waals surface area (Å²) in [6.45, 7) is 1.43. The molecule has 8 nitrogen and oxygen atoms in total. The van der Waals surface area contributed by atoms with E-state index in [0.29, 0.717) is 65.3 Å². The number of piperidine rings is 1. The SMILES string of the molecule is C=CC(=O)N1CCC(Nc2cc3c(Nc4cc(-c5ccc(F)cc5F)ccc4OC)ncnc3cc2OC(F)F)CC1. The molecule has 218 valence electrons. The summed E-state index contributed by atoms with van der Waals surface area (Å²) in [6, 6.07) is 11.1. The lowest BCUT2D eigenvalue weighted by Gasteiger charge is -2.32. The van der Waals surface area contributed by atoms with E-state index in [0.717, 1.165) is 6.07 Å². The Morgan fingerprint density at radius 1 is 1.05 bits per heavy atom. The predicted molar refractivity (Wildman–Crippen MR) is 151 cm³/mol. The van der Waals surface area contributed by atoms with E-state index in [1.54, 1.807) is 29.2 Å². The monoisotopic (exact) mass is 581 g/mol. The summed E-state index contributed by atoms with van der Waals surface area (Å²) in [5, 5.41) is 6.94. The fraction of sp³-hybridized carbons (Fsp3) is 0.233. The van der Waals surface area contributed by atoms with Crippen LogP contribution in [0.15, 0.2) is 67.5 Å². The van der Waals surface area contributed by atoms with Gasteiger partial charge in [0.25, 0.3) is 0 Å². The van der Waals surface area contributed by atoms with Crippen molar-refractivity contribution >= 4 is 34.0 Å². The topological polar surface area (TPSA) is 88.6 Å². The number of alkyl halides is 2. The van der Waals surface area contributed by atoms with Crippen molar-refractivity contribution < 1.29 is 31.8 Å². The summed E-state index contributed by atoms with van der Waals surface area (Å²) in [5.41, 5.74) is 1.73. The highest BCUT2D eigenvalue weighted by Crippen LogP contribution is 2.38. The van der Waals surface area contributed by atoms with Crippen LogP contribution in [0.3, 0.4) is 0 Å². The van der Waals surface area contributed by atoms with Gasteiger partial charge >= 0.3 is 6.61 Å². The molecule has 1 fully saturated rings. The van der Waals surface area contributed by atoms with Crippen LogP contribution in [0.5, 0.6) is 11.5 Å². The average molecular weight is 582 g/mol. The number of benzene rings is 3. The smallest absolute Gasteiger partial charge is 0.387 e. The Labute approximate surface area is 239 Å². The lowest BCUT2D eigenvalue weighted by atomic mass is 10.0. The summed E-state index contributed by atoms with van der Waals surface area (Å²) in [4.78, 5) is 22.2. The fourth-order valence-electron chi connectivity index (χ4n) is 4.91. The van der Waals surface area contributed by atoms with Crippen molar-refractivity contribution in [3.05, 3.63) is 79.1 Å². The molecule has 4 aromatic rings. The van der Waals surface area contributed by atoms with Crippen molar-refractivity contribution in [1.82, 2.24) is 14.9 Å². The number of nitrogens with zero attached hydrogens (tertiary/aromatic N) is 3. The standard InChI is InChI=1S/C30H27F4N5O3/c1-3-28(40)39-10-8-19(9-11-39)37-25-14-21-23(15-27(25)42-30(33)34)35-16-36-29(21)38-24-12-17(4-7-26(24)41-2)20-6-5-18(31)13-22(20)32/h3-7,12-16,19,30,37H,1,8-11H2,2H3,(H,35,36,38). The van der Waals surface area contributed by atoms with E-state index in [-0.39, 0.29) is 23.3 Å². The number of nitrogens with one attached hydrogen (secondary N) is 2. The highest BCUT2D eigenvalue weighted by atomic mass is 19.3. The minimum absolute atomic E-state index is 0.0851. The summed E-state index contributed by atoms with van der Waals surface area (Å²) >= 11 is 0. The fourth-order valence-corrected chi connectivity index (χ4v) is 4.91. The highest BCUT2D eigenvalue weighted by Gasteiger charge is 2.23. The van der Waals surface area contributed by atoms with Gasteiger partial charge in [0.05, 0.1) is 24.0 Å². The van der Waals surface area contributed by atoms with Crippen LogP contribution in [-0.2, 0) is 4.79 Å². The molecule has 0 unspecified atom stereocenters. The second-order valence-electron chi connectivity index (χ2n) is 9.58. The van der Waals surface area contributed by atoms with Gasteiger partial charge in [-0.2, -0.15) is 8.78 Å². The summed E-state index contributed by atoms with van der Waals surface area (Å²) in [5.74, 6) is -0.905. The second-order valence-corrected chi connectivity index (χ2v) is 9.58. The van der Waals surface area contributed by atoms with Crippen LogP contribution in [-0.4, -0.2) is 53.6 Å². The van der Waals surface area contributed by atoms with E-state index in [1.165, 1.54) is 37.7 Å². The van der Waals surface area contributed by atoms with Crippen LogP contribution < -0.4 is 20.1 Å². The highest BCUT2D eigenvalue weighted by molar-refractivity contribution is 5.95. The zero-order valence-corrected chi connectivity index (χ0v) is 22.5. The number of hydrogen-bond donors (Lipinski definition) is 2. The van der Waals surface area contributed by atoms with Gasteiger partial charge in [0, 0.05) is 42.2 Å². The largest absolute Gasteiger partial charge is 0.495 e. The number of carbonyl (C=O) groups is 1. The van der Waals surface area contributed by atoms with Crippen LogP contribution in [0.25, 0.3) is 22.0 Å². The normalized spacial score (nSPS) is 13.7. The maximum atomic E-state index is 14.5. The number of ether oxygens (including phenoxy) is 2. The first-order valence-corrected chi connectivity index (χ1v) is 13.1. The Morgan fingerprint density at radius 2 is 1.83 bits per heavy atom. The number of methoxy groups -OCH3 is 1. The first-order chi connectivity index (χ1) is 20.2. The van der Waals surface area contributed by atoms with Gasteiger partial charge in [-0.05, 0) is 54.8 Å². The summed E-state index contributed by atoms with van der Waals surface area (Å²) in [6.07, 6.45) is 3.71. The summed E-state index contributed by atoms with van der Waals surface area (Å²) < 4.78 is 64.9. The van der Waals surface area contributed by atoms with Crippen molar-refractivity contribution in [2.24, 2.45) is 0 Å². The number of anilines is 3. The van der Waals surface area contributed by atoms with Crippen molar-refractivity contribution in [2.75, 3.05) is 30.8 Å². The van der Waals surface area contributed by atoms with Crippen molar-refractivity contribution in [3.8, 4) is 22.6 Å². The average Bonchev–Trinajstić information content (AvgIpc) is 2.97. The van der Waals surface area contributed by atoms with Gasteiger partial charge in [0.15, 0.2) is 5.75 Å². The van der Waals surface area contributed by atoms with Crippen molar-refractivity contribution in [1.29, 1.82) is 0 Å². The third-order valence-electron chi connectivity index (χ3n) is 6.99. The van der Waals surface area contributed by atoms with E-state index in [2.05, 4.69) is 27.2 Å². The van der Waals surface area contributed by atoms with Crippen LogP contribution >= 0.6 is 0 Å². The van der Waals surface area contributed by atoms with Gasteiger partial charge in [0.1, 0.15) is 29.5 Å². The zero-order chi connectivity index (χ0) is 29.8. The van der Waals surface area contributed by atoms with E-state index in [4.69, 9.17) is 9.47 Å². The van der Waals surface area contributed by atoms with Crippen molar-refractivity contribution in [3.63, 3.8) is 0 Å². The number of likely N-dealkylation sites (tertiary alicyclic amines) is 1. The molecule has 1 aromatic heterocycles. The van der Waals surface area contributed by atoms with Crippen molar-refractivity contribution in [2.45, 2.75) is 25.5 Å². The molecule has 0 saturated carbocycles. The molecule has 2 heterocycles. The minimum Gasteiger partial charge on any atom is -0.495 e. The lowest BCUT2D eigenvalue weighted by molar-refractivity contribution is -0.126. The Bertz CT molecular complexity index is 1630. The Kier molecular flexibility index (Phi) is 8.41. The summed E-state index contributed by atoms with van der Waals surface area (Å²) in [7, 11) is 1.47. The Hall–Kier alpha value is -4.87. The number of halogens is 4. The molecule has 1 saturated heterocycles. The molecule has 0 spiro atoms. The molecule has 1 amide bonds. The van der Waals surface area contributed by atoms with E-state index < -0.39 is 18.2 Å². The van der Waals surface area contributed by atoms with Gasteiger partial charge in [-0.25, -0.2) is 18.7 Å². The molecule has 1 aliphatic heterocycles. The van der Waals surface area contributed by atoms with Gasteiger partial charge in [-0.1, -0.05) is 12.6 Å². The van der Waals surface area contributed by atoms with Gasteiger partial charge in [-0.3, -0.25) is 4.79 Å². The lowest BCUT2D eigenvalue weighted by Crippen LogP contribution is -2.41. The molecule has 5 rings (SSSR count). The van der Waals surface area contributed by atoms with Crippen LogP contribution in [0.4, 0.5) is 34.8 Å². The molecule has 3 aromatic carbocycles. The molecule has 2 N–H and O–H groups in total. The molecule has 1 aliphatic rings. The predicted octanol–water partition coefficient (Wildman–Crippen LogP) is 6.52. The number of amides is 1. The molecule has 12 heteroatoms. The minimum atomic E-state index is -3.06. The second kappa shape index (κ2) is 12.3. The van der Waals surface area contributed by atoms with Crippen LogP contribution in [0.1, 0.15) is 12.8 Å². The number of carbonyl (C=O) groups excluding carboxylic acids is 1. The molecular formula is C30H27F4N5O3. The molecule has 0 atom stereocenters. The Morgan fingerprint density at radius 3 is 2.52 bits per heavy atom. The van der Waals surface area contributed by atoms with Gasteiger partial charge in [0.2, 0.25) is 5.91 Å². The molecule has 0 aliphatic carbocycles. The number of rotatable bonds is 9. The van der Waals surface area contributed by atoms with Crippen LogP contribution in [0, 0.1) is 11.6 Å².